The van der Waals surface area contributed by atoms with Crippen molar-refractivity contribution in [3.63, 3.8) is 0 Å². The zero-order valence-electron chi connectivity index (χ0n) is 9.14. The Hall–Kier alpha value is -1.82. The van der Waals surface area contributed by atoms with Gasteiger partial charge in [-0.1, -0.05) is 18.5 Å². The van der Waals surface area contributed by atoms with Gasteiger partial charge in [-0.2, -0.15) is 0 Å². The molecule has 0 saturated carbocycles. The molecular weight excluding hydrogens is 246 g/mol. The molecule has 0 spiro atoms. The number of nitro benzene ring substituents is 1. The van der Waals surface area contributed by atoms with E-state index in [1.54, 1.807) is 6.92 Å². The van der Waals surface area contributed by atoms with Gasteiger partial charge in [-0.15, -0.1) is 0 Å². The Kier molecular flexibility index (Phi) is 4.28. The van der Waals surface area contributed by atoms with Crippen LogP contribution in [-0.4, -0.2) is 16.9 Å². The summed E-state index contributed by atoms with van der Waals surface area (Å²) in [6.07, 6.45) is -0.244. The first-order chi connectivity index (χ1) is 7.95. The fourth-order valence-electron chi connectivity index (χ4n) is 1.25. The fourth-order valence-corrected chi connectivity index (χ4v) is 1.42. The molecule has 1 atom stereocenters. The summed E-state index contributed by atoms with van der Waals surface area (Å²) >= 11 is 5.74. The Labute approximate surface area is 103 Å². The van der Waals surface area contributed by atoms with Gasteiger partial charge in [0.2, 0.25) is 0 Å². The van der Waals surface area contributed by atoms with E-state index < -0.39 is 11.0 Å². The van der Waals surface area contributed by atoms with Crippen LogP contribution in [0.1, 0.15) is 13.3 Å². The third-order valence-electron chi connectivity index (χ3n) is 2.11. The maximum Gasteiger partial charge on any atom is 0.311 e. The molecular formula is C10H12ClN3O3. The zero-order chi connectivity index (χ0) is 13.0. The van der Waals surface area contributed by atoms with Gasteiger partial charge in [-0.3, -0.25) is 15.5 Å². The van der Waals surface area contributed by atoms with E-state index in [0.29, 0.717) is 11.4 Å². The van der Waals surface area contributed by atoms with Crippen LogP contribution in [0, 0.1) is 15.5 Å². The summed E-state index contributed by atoms with van der Waals surface area (Å²) in [4.78, 5) is 10.2. The smallest absolute Gasteiger partial charge is 0.311 e. The molecule has 0 aliphatic carbocycles. The second-order valence-electron chi connectivity index (χ2n) is 3.34. The summed E-state index contributed by atoms with van der Waals surface area (Å²) in [5.41, 5.74) is 5.11. The van der Waals surface area contributed by atoms with Gasteiger partial charge in [0.25, 0.3) is 0 Å². The number of hydrogen-bond acceptors (Lipinski definition) is 4. The number of rotatable bonds is 5. The summed E-state index contributed by atoms with van der Waals surface area (Å²) in [5.74, 6) is -0.161. The topological polar surface area (TPSA) is 102 Å². The van der Waals surface area contributed by atoms with E-state index in [4.69, 9.17) is 27.5 Å². The first kappa shape index (κ1) is 13.2. The highest BCUT2D eigenvalue weighted by atomic mass is 35.5. The molecule has 0 heterocycles. The van der Waals surface area contributed by atoms with Crippen molar-refractivity contribution in [2.75, 3.05) is 0 Å². The summed E-state index contributed by atoms with van der Waals surface area (Å²) < 4.78 is 5.32. The Balaban J connectivity index is 3.07. The molecule has 1 unspecified atom stereocenters. The van der Waals surface area contributed by atoms with Crippen molar-refractivity contribution < 1.29 is 9.66 Å². The molecule has 0 radical (unpaired) electrons. The molecule has 17 heavy (non-hydrogen) atoms. The van der Waals surface area contributed by atoms with Gasteiger partial charge in [0, 0.05) is 17.2 Å². The minimum absolute atomic E-state index is 0.0181. The summed E-state index contributed by atoms with van der Waals surface area (Å²) in [5, 5.41) is 18.4. The first-order valence-corrected chi connectivity index (χ1v) is 5.28. The predicted octanol–water partition coefficient (Wildman–Crippen LogP) is 2.34. The number of nitro groups is 1. The average molecular weight is 258 g/mol. The maximum atomic E-state index is 10.8. The first-order valence-electron chi connectivity index (χ1n) is 4.90. The van der Waals surface area contributed by atoms with Crippen LogP contribution >= 0.6 is 11.6 Å². The van der Waals surface area contributed by atoms with E-state index in [9.17, 15) is 10.1 Å². The van der Waals surface area contributed by atoms with E-state index in [1.165, 1.54) is 18.2 Å². The van der Waals surface area contributed by atoms with Crippen LogP contribution in [0.2, 0.25) is 5.02 Å². The van der Waals surface area contributed by atoms with E-state index in [-0.39, 0.29) is 17.3 Å². The predicted molar refractivity (Wildman–Crippen MR) is 64.7 cm³/mol. The van der Waals surface area contributed by atoms with Crippen molar-refractivity contribution in [2.45, 2.75) is 19.4 Å². The molecule has 0 saturated heterocycles. The van der Waals surface area contributed by atoms with Crippen LogP contribution < -0.4 is 10.5 Å². The Bertz CT molecular complexity index is 450. The Morgan fingerprint density at radius 2 is 2.35 bits per heavy atom. The summed E-state index contributed by atoms with van der Waals surface area (Å²) in [6, 6.07) is 4.00. The van der Waals surface area contributed by atoms with Crippen LogP contribution in [-0.2, 0) is 0 Å². The number of nitrogens with one attached hydrogen (secondary N) is 1. The van der Waals surface area contributed by atoms with Crippen LogP contribution in [0.15, 0.2) is 18.2 Å². The van der Waals surface area contributed by atoms with Gasteiger partial charge >= 0.3 is 5.69 Å². The van der Waals surface area contributed by atoms with Crippen LogP contribution in [0.5, 0.6) is 5.75 Å². The van der Waals surface area contributed by atoms with Crippen molar-refractivity contribution in [2.24, 2.45) is 5.73 Å². The van der Waals surface area contributed by atoms with Crippen LogP contribution in [0.4, 0.5) is 5.69 Å². The van der Waals surface area contributed by atoms with Crippen molar-refractivity contribution in [3.05, 3.63) is 33.3 Å². The molecule has 0 amide bonds. The third-order valence-corrected chi connectivity index (χ3v) is 2.34. The average Bonchev–Trinajstić information content (AvgIpc) is 2.25. The van der Waals surface area contributed by atoms with Crippen molar-refractivity contribution in [3.8, 4) is 5.75 Å². The number of amidine groups is 1. The zero-order valence-corrected chi connectivity index (χ0v) is 9.90. The molecule has 7 heteroatoms. The van der Waals surface area contributed by atoms with Gasteiger partial charge in [-0.05, 0) is 12.5 Å². The number of ether oxygens (including phenoxy) is 1. The van der Waals surface area contributed by atoms with Crippen molar-refractivity contribution in [1.82, 2.24) is 0 Å². The van der Waals surface area contributed by atoms with E-state index in [1.807, 2.05) is 0 Å². The fraction of sp³-hybridized carbons (Fsp3) is 0.300. The van der Waals surface area contributed by atoms with Crippen molar-refractivity contribution in [1.29, 1.82) is 5.41 Å². The second-order valence-corrected chi connectivity index (χ2v) is 3.78. The van der Waals surface area contributed by atoms with Crippen LogP contribution in [0.3, 0.4) is 0 Å². The van der Waals surface area contributed by atoms with E-state index in [2.05, 4.69) is 0 Å². The number of nitrogens with two attached hydrogens (primary N) is 1. The minimum atomic E-state index is -0.688. The van der Waals surface area contributed by atoms with Gasteiger partial charge < -0.3 is 10.5 Å². The van der Waals surface area contributed by atoms with Gasteiger partial charge in [0.05, 0.1) is 4.92 Å². The molecule has 0 aromatic heterocycles. The maximum absolute atomic E-state index is 10.8. The number of halogens is 1. The van der Waals surface area contributed by atoms with Gasteiger partial charge in [0.1, 0.15) is 5.84 Å². The molecule has 1 aromatic rings. The SMILES string of the molecule is CCC(Oc1cc(Cl)ccc1[N+](=O)[O-])C(=N)N. The van der Waals surface area contributed by atoms with Gasteiger partial charge in [-0.25, -0.2) is 0 Å². The summed E-state index contributed by atoms with van der Waals surface area (Å²) in [6.45, 7) is 1.77. The summed E-state index contributed by atoms with van der Waals surface area (Å²) in [7, 11) is 0. The van der Waals surface area contributed by atoms with Crippen molar-refractivity contribution >= 4 is 23.1 Å². The number of benzene rings is 1. The normalized spacial score (nSPS) is 11.9. The lowest BCUT2D eigenvalue weighted by atomic mass is 10.2. The highest BCUT2D eigenvalue weighted by Gasteiger charge is 2.20. The second kappa shape index (κ2) is 5.49. The largest absolute Gasteiger partial charge is 0.475 e. The third kappa shape index (κ3) is 3.32. The van der Waals surface area contributed by atoms with Crippen LogP contribution in [0.25, 0.3) is 0 Å². The monoisotopic (exact) mass is 257 g/mol. The van der Waals surface area contributed by atoms with E-state index >= 15 is 0 Å². The molecule has 3 N–H and O–H groups in total. The lowest BCUT2D eigenvalue weighted by Gasteiger charge is -2.15. The quantitative estimate of drug-likeness (QED) is 0.366. The van der Waals surface area contributed by atoms with E-state index in [0.717, 1.165) is 0 Å². The molecule has 0 aliphatic heterocycles. The Morgan fingerprint density at radius 3 is 2.82 bits per heavy atom. The molecule has 6 nitrogen and oxygen atoms in total. The standard InChI is InChI=1S/C10H12ClN3O3/c1-2-8(10(12)13)17-9-5-6(11)3-4-7(9)14(15)16/h3-5,8H,2H2,1H3,(H3,12,13). The Morgan fingerprint density at radius 1 is 1.71 bits per heavy atom. The molecule has 1 rings (SSSR count). The molecule has 0 fully saturated rings. The molecule has 1 aromatic carbocycles. The molecule has 0 bridgehead atoms. The number of hydrogen-bond donors (Lipinski definition) is 2. The lowest BCUT2D eigenvalue weighted by Crippen LogP contribution is -2.32. The molecule has 0 aliphatic rings. The lowest BCUT2D eigenvalue weighted by molar-refractivity contribution is -0.386. The molecule has 92 valence electrons. The highest BCUT2D eigenvalue weighted by molar-refractivity contribution is 6.30. The number of nitrogens with zero attached hydrogens (tertiary/aromatic N) is 1. The highest BCUT2D eigenvalue weighted by Crippen LogP contribution is 2.30. The minimum Gasteiger partial charge on any atom is -0.475 e. The van der Waals surface area contributed by atoms with Gasteiger partial charge in [0.15, 0.2) is 11.9 Å².